The van der Waals surface area contributed by atoms with E-state index in [2.05, 4.69) is 4.74 Å². The first-order valence-corrected chi connectivity index (χ1v) is 6.48. The number of halogens is 3. The molecule has 0 amide bonds. The molecule has 0 spiro atoms. The van der Waals surface area contributed by atoms with Crippen LogP contribution in [0.15, 0.2) is 42.5 Å². The maximum Gasteiger partial charge on any atom is 0.573 e. The SMILES string of the molecule is CCOc1cccc(-c2cc(C)ccc2OC(F)(F)F)c1. The monoisotopic (exact) mass is 296 g/mol. The van der Waals surface area contributed by atoms with Crippen LogP contribution in [0.3, 0.4) is 0 Å². The Balaban J connectivity index is 2.46. The van der Waals surface area contributed by atoms with Crippen LogP contribution in [0.5, 0.6) is 11.5 Å². The molecule has 2 aromatic rings. The molecule has 0 radical (unpaired) electrons. The highest BCUT2D eigenvalue weighted by molar-refractivity contribution is 5.72. The Labute approximate surface area is 121 Å². The van der Waals surface area contributed by atoms with Gasteiger partial charge in [0.1, 0.15) is 11.5 Å². The first kappa shape index (κ1) is 15.2. The Hall–Kier alpha value is -2.17. The van der Waals surface area contributed by atoms with Crippen LogP contribution in [-0.4, -0.2) is 13.0 Å². The van der Waals surface area contributed by atoms with Gasteiger partial charge in [-0.1, -0.05) is 23.8 Å². The maximum atomic E-state index is 12.5. The molecular formula is C16H15F3O2. The van der Waals surface area contributed by atoms with Crippen LogP contribution in [-0.2, 0) is 0 Å². The maximum absolute atomic E-state index is 12.5. The van der Waals surface area contributed by atoms with Crippen molar-refractivity contribution in [2.75, 3.05) is 6.61 Å². The molecule has 0 fully saturated rings. The molecule has 0 heterocycles. The third-order valence-electron chi connectivity index (χ3n) is 2.82. The fraction of sp³-hybridized carbons (Fsp3) is 0.250. The fourth-order valence-corrected chi connectivity index (χ4v) is 2.00. The number of hydrogen-bond acceptors (Lipinski definition) is 2. The van der Waals surface area contributed by atoms with E-state index in [0.29, 0.717) is 23.5 Å². The summed E-state index contributed by atoms with van der Waals surface area (Å²) in [5, 5.41) is 0. The summed E-state index contributed by atoms with van der Waals surface area (Å²) in [6.07, 6.45) is -4.72. The zero-order valence-corrected chi connectivity index (χ0v) is 11.7. The Morgan fingerprint density at radius 2 is 1.81 bits per heavy atom. The number of ether oxygens (including phenoxy) is 2. The van der Waals surface area contributed by atoms with Crippen LogP contribution < -0.4 is 9.47 Å². The molecule has 0 saturated heterocycles. The molecule has 0 N–H and O–H groups in total. The quantitative estimate of drug-likeness (QED) is 0.794. The number of alkyl halides is 3. The average Bonchev–Trinajstić information content (AvgIpc) is 2.40. The van der Waals surface area contributed by atoms with E-state index in [1.807, 2.05) is 13.8 Å². The van der Waals surface area contributed by atoms with Crippen LogP contribution in [0.2, 0.25) is 0 Å². The van der Waals surface area contributed by atoms with Crippen molar-refractivity contribution in [2.45, 2.75) is 20.2 Å². The third-order valence-corrected chi connectivity index (χ3v) is 2.82. The van der Waals surface area contributed by atoms with Gasteiger partial charge in [0.05, 0.1) is 6.61 Å². The summed E-state index contributed by atoms with van der Waals surface area (Å²) in [7, 11) is 0. The van der Waals surface area contributed by atoms with Crippen molar-refractivity contribution in [2.24, 2.45) is 0 Å². The van der Waals surface area contributed by atoms with E-state index in [1.54, 1.807) is 36.4 Å². The molecule has 5 heteroatoms. The third kappa shape index (κ3) is 4.15. The van der Waals surface area contributed by atoms with Gasteiger partial charge in [0.15, 0.2) is 0 Å². The highest BCUT2D eigenvalue weighted by Gasteiger charge is 2.32. The summed E-state index contributed by atoms with van der Waals surface area (Å²) in [5.74, 6) is 0.385. The molecule has 2 rings (SSSR count). The van der Waals surface area contributed by atoms with Crippen LogP contribution in [0.1, 0.15) is 12.5 Å². The lowest BCUT2D eigenvalue weighted by molar-refractivity contribution is -0.274. The molecule has 21 heavy (non-hydrogen) atoms. The van der Waals surface area contributed by atoms with Crippen molar-refractivity contribution >= 4 is 0 Å². The van der Waals surface area contributed by atoms with Gasteiger partial charge < -0.3 is 9.47 Å². The van der Waals surface area contributed by atoms with Crippen molar-refractivity contribution in [1.29, 1.82) is 0 Å². The van der Waals surface area contributed by atoms with Gasteiger partial charge in [-0.2, -0.15) is 0 Å². The van der Waals surface area contributed by atoms with Gasteiger partial charge in [0, 0.05) is 5.56 Å². The van der Waals surface area contributed by atoms with Crippen molar-refractivity contribution in [3.05, 3.63) is 48.0 Å². The minimum absolute atomic E-state index is 0.221. The molecule has 0 unspecified atom stereocenters. The fourth-order valence-electron chi connectivity index (χ4n) is 2.00. The van der Waals surface area contributed by atoms with E-state index < -0.39 is 6.36 Å². The van der Waals surface area contributed by atoms with Crippen molar-refractivity contribution < 1.29 is 22.6 Å². The molecule has 0 saturated carbocycles. The van der Waals surface area contributed by atoms with Gasteiger partial charge in [-0.15, -0.1) is 13.2 Å². The van der Waals surface area contributed by atoms with Gasteiger partial charge in [-0.3, -0.25) is 0 Å². The van der Waals surface area contributed by atoms with Crippen LogP contribution >= 0.6 is 0 Å². The zero-order chi connectivity index (χ0) is 15.5. The van der Waals surface area contributed by atoms with Gasteiger partial charge in [0.25, 0.3) is 0 Å². The second kappa shape index (κ2) is 6.08. The van der Waals surface area contributed by atoms with Crippen molar-refractivity contribution in [1.82, 2.24) is 0 Å². The average molecular weight is 296 g/mol. The lowest BCUT2D eigenvalue weighted by atomic mass is 10.0. The molecule has 112 valence electrons. The van der Waals surface area contributed by atoms with E-state index in [-0.39, 0.29) is 5.75 Å². The van der Waals surface area contributed by atoms with Crippen LogP contribution in [0, 0.1) is 6.92 Å². The van der Waals surface area contributed by atoms with Crippen LogP contribution in [0.4, 0.5) is 13.2 Å². The predicted molar refractivity (Wildman–Crippen MR) is 74.5 cm³/mol. The Bertz CT molecular complexity index is 621. The summed E-state index contributed by atoms with van der Waals surface area (Å²) in [5.41, 5.74) is 1.85. The smallest absolute Gasteiger partial charge is 0.494 e. The standard InChI is InChI=1S/C16H15F3O2/c1-3-20-13-6-4-5-12(10-13)14-9-11(2)7-8-15(14)21-16(17,18)19/h4-10H,3H2,1-2H3. The minimum atomic E-state index is -4.72. The lowest BCUT2D eigenvalue weighted by Gasteiger charge is -2.14. The number of rotatable bonds is 4. The molecule has 0 aliphatic rings. The molecule has 0 aliphatic carbocycles. The topological polar surface area (TPSA) is 18.5 Å². The second-order valence-corrected chi connectivity index (χ2v) is 4.51. The first-order chi connectivity index (χ1) is 9.89. The van der Waals surface area contributed by atoms with E-state index in [9.17, 15) is 13.2 Å². The predicted octanol–water partition coefficient (Wildman–Crippen LogP) is 4.96. The van der Waals surface area contributed by atoms with Crippen molar-refractivity contribution in [3.8, 4) is 22.6 Å². The van der Waals surface area contributed by atoms with E-state index >= 15 is 0 Å². The van der Waals surface area contributed by atoms with E-state index in [4.69, 9.17) is 4.74 Å². The molecule has 0 atom stereocenters. The molecule has 0 aromatic heterocycles. The zero-order valence-electron chi connectivity index (χ0n) is 11.7. The van der Waals surface area contributed by atoms with Crippen LogP contribution in [0.25, 0.3) is 11.1 Å². The summed E-state index contributed by atoms with van der Waals surface area (Å²) < 4.78 is 46.9. The summed E-state index contributed by atoms with van der Waals surface area (Å²) in [6.45, 7) is 4.15. The number of aryl methyl sites for hydroxylation is 1. The van der Waals surface area contributed by atoms with Gasteiger partial charge in [-0.25, -0.2) is 0 Å². The summed E-state index contributed by atoms with van der Waals surface area (Å²) >= 11 is 0. The number of benzene rings is 2. The summed E-state index contributed by atoms with van der Waals surface area (Å²) in [6, 6.07) is 11.5. The Morgan fingerprint density at radius 3 is 2.48 bits per heavy atom. The Morgan fingerprint density at radius 1 is 1.05 bits per heavy atom. The molecule has 0 aliphatic heterocycles. The van der Waals surface area contributed by atoms with Gasteiger partial charge >= 0.3 is 6.36 Å². The lowest BCUT2D eigenvalue weighted by Crippen LogP contribution is -2.17. The highest BCUT2D eigenvalue weighted by Crippen LogP contribution is 2.35. The molecular weight excluding hydrogens is 281 g/mol. The minimum Gasteiger partial charge on any atom is -0.494 e. The Kier molecular flexibility index (Phi) is 4.40. The normalized spacial score (nSPS) is 11.3. The highest BCUT2D eigenvalue weighted by atomic mass is 19.4. The summed E-state index contributed by atoms with van der Waals surface area (Å²) in [4.78, 5) is 0. The van der Waals surface area contributed by atoms with E-state index in [0.717, 1.165) is 5.56 Å². The van der Waals surface area contributed by atoms with E-state index in [1.165, 1.54) is 6.07 Å². The van der Waals surface area contributed by atoms with Gasteiger partial charge in [0.2, 0.25) is 0 Å². The second-order valence-electron chi connectivity index (χ2n) is 4.51. The molecule has 0 bridgehead atoms. The molecule has 2 nitrogen and oxygen atoms in total. The van der Waals surface area contributed by atoms with Gasteiger partial charge in [-0.05, 0) is 43.7 Å². The van der Waals surface area contributed by atoms with Crippen molar-refractivity contribution in [3.63, 3.8) is 0 Å². The molecule has 2 aromatic carbocycles. The number of hydrogen-bond donors (Lipinski definition) is 0. The largest absolute Gasteiger partial charge is 0.573 e. The first-order valence-electron chi connectivity index (χ1n) is 6.48.